The summed E-state index contributed by atoms with van der Waals surface area (Å²) in [6.07, 6.45) is 0. The average molecular weight is 428 g/mol. The molecule has 1 aromatic carbocycles. The SMILES string of the molecule is CN.Cc1sc2nc(NC(C)(C)CO)nc(-c3ccc(Cl)c(Cl)c3)c2c1N. The van der Waals surface area contributed by atoms with Crippen molar-refractivity contribution in [3.8, 4) is 11.3 Å². The van der Waals surface area contributed by atoms with E-state index in [0.717, 1.165) is 20.7 Å². The van der Waals surface area contributed by atoms with Crippen LogP contribution in [0, 0.1) is 6.92 Å². The summed E-state index contributed by atoms with van der Waals surface area (Å²) in [5.41, 5.74) is 12.3. The van der Waals surface area contributed by atoms with Crippen LogP contribution in [0.15, 0.2) is 18.2 Å². The predicted molar refractivity (Wildman–Crippen MR) is 117 cm³/mol. The molecule has 0 saturated carbocycles. The molecule has 2 heterocycles. The third kappa shape index (κ3) is 4.62. The number of nitrogens with one attached hydrogen (secondary N) is 1. The predicted octanol–water partition coefficient (Wildman–Crippen LogP) is 4.31. The molecule has 0 radical (unpaired) electrons. The monoisotopic (exact) mass is 427 g/mol. The minimum atomic E-state index is -0.555. The number of aliphatic hydroxyl groups excluding tert-OH is 1. The molecule has 3 rings (SSSR count). The Hall–Kier alpha value is -1.64. The van der Waals surface area contributed by atoms with Crippen molar-refractivity contribution in [1.29, 1.82) is 0 Å². The van der Waals surface area contributed by atoms with Gasteiger partial charge in [-0.15, -0.1) is 11.3 Å². The van der Waals surface area contributed by atoms with E-state index in [-0.39, 0.29) is 6.61 Å². The number of rotatable bonds is 4. The maximum atomic E-state index is 9.50. The van der Waals surface area contributed by atoms with Crippen LogP contribution in [0.1, 0.15) is 18.7 Å². The highest BCUT2D eigenvalue weighted by atomic mass is 35.5. The molecule has 3 aromatic rings. The number of hydrogen-bond donors (Lipinski definition) is 4. The van der Waals surface area contributed by atoms with Gasteiger partial charge in [0.2, 0.25) is 5.95 Å². The highest BCUT2D eigenvalue weighted by molar-refractivity contribution is 7.19. The van der Waals surface area contributed by atoms with Gasteiger partial charge >= 0.3 is 0 Å². The van der Waals surface area contributed by atoms with Gasteiger partial charge in [0.25, 0.3) is 0 Å². The average Bonchev–Trinajstić information content (AvgIpc) is 2.92. The molecule has 0 saturated heterocycles. The zero-order valence-electron chi connectivity index (χ0n) is 15.6. The molecule has 9 heteroatoms. The maximum Gasteiger partial charge on any atom is 0.225 e. The lowest BCUT2D eigenvalue weighted by molar-refractivity contribution is 0.233. The molecule has 146 valence electrons. The summed E-state index contributed by atoms with van der Waals surface area (Å²) in [5, 5.41) is 14.4. The number of aryl methyl sites for hydroxylation is 1. The van der Waals surface area contributed by atoms with Crippen molar-refractivity contribution < 1.29 is 5.11 Å². The number of aliphatic hydroxyl groups is 1. The van der Waals surface area contributed by atoms with Crippen LogP contribution in [0.25, 0.3) is 21.5 Å². The van der Waals surface area contributed by atoms with Crippen LogP contribution in [0.5, 0.6) is 0 Å². The number of halogens is 2. The zero-order chi connectivity index (χ0) is 20.4. The van der Waals surface area contributed by atoms with Crippen molar-refractivity contribution >= 4 is 56.4 Å². The van der Waals surface area contributed by atoms with E-state index in [1.165, 1.54) is 18.4 Å². The topological polar surface area (TPSA) is 110 Å². The smallest absolute Gasteiger partial charge is 0.225 e. The van der Waals surface area contributed by atoms with Crippen LogP contribution >= 0.6 is 34.5 Å². The molecule has 2 aromatic heterocycles. The Morgan fingerprint density at radius 3 is 2.44 bits per heavy atom. The molecule has 0 amide bonds. The van der Waals surface area contributed by atoms with Crippen LogP contribution in [0.4, 0.5) is 11.6 Å². The Bertz CT molecular complexity index is 959. The van der Waals surface area contributed by atoms with E-state index < -0.39 is 5.54 Å². The van der Waals surface area contributed by atoms with Gasteiger partial charge in [-0.25, -0.2) is 9.97 Å². The molecule has 6 nitrogen and oxygen atoms in total. The molecule has 0 aliphatic carbocycles. The highest BCUT2D eigenvalue weighted by Crippen LogP contribution is 2.40. The maximum absolute atomic E-state index is 9.50. The van der Waals surface area contributed by atoms with Crippen LogP contribution < -0.4 is 16.8 Å². The van der Waals surface area contributed by atoms with Crippen molar-refractivity contribution in [1.82, 2.24) is 9.97 Å². The number of thiophene rings is 1. The first kappa shape index (κ1) is 21.7. The Kier molecular flexibility index (Phi) is 6.88. The van der Waals surface area contributed by atoms with Crippen LogP contribution in [0.2, 0.25) is 10.0 Å². The third-order valence-electron chi connectivity index (χ3n) is 3.81. The minimum absolute atomic E-state index is 0.0535. The second-order valence-electron chi connectivity index (χ2n) is 6.44. The summed E-state index contributed by atoms with van der Waals surface area (Å²) in [6.45, 7) is 5.63. The molecule has 0 aliphatic heterocycles. The Morgan fingerprint density at radius 2 is 1.85 bits per heavy atom. The largest absolute Gasteiger partial charge is 0.397 e. The molecule has 27 heavy (non-hydrogen) atoms. The van der Waals surface area contributed by atoms with Gasteiger partial charge in [0.1, 0.15) is 4.83 Å². The first-order valence-electron chi connectivity index (χ1n) is 8.20. The van der Waals surface area contributed by atoms with E-state index in [4.69, 9.17) is 28.9 Å². The van der Waals surface area contributed by atoms with E-state index in [1.807, 2.05) is 26.8 Å². The number of nitrogens with zero attached hydrogens (tertiary/aromatic N) is 2. The number of hydrogen-bond acceptors (Lipinski definition) is 7. The second-order valence-corrected chi connectivity index (χ2v) is 8.46. The number of nitrogens with two attached hydrogens (primary N) is 2. The van der Waals surface area contributed by atoms with Gasteiger partial charge in [0, 0.05) is 10.4 Å². The van der Waals surface area contributed by atoms with E-state index in [9.17, 15) is 5.11 Å². The van der Waals surface area contributed by atoms with Crippen molar-refractivity contribution in [2.45, 2.75) is 26.3 Å². The van der Waals surface area contributed by atoms with Gasteiger partial charge in [-0.05, 0) is 40.0 Å². The quantitative estimate of drug-likeness (QED) is 0.493. The first-order valence-corrected chi connectivity index (χ1v) is 9.78. The number of fused-ring (bicyclic) bond motifs is 1. The van der Waals surface area contributed by atoms with Crippen LogP contribution in [-0.2, 0) is 0 Å². The van der Waals surface area contributed by atoms with Gasteiger partial charge in [-0.2, -0.15) is 0 Å². The lowest BCUT2D eigenvalue weighted by Crippen LogP contribution is -2.35. The molecule has 0 bridgehead atoms. The van der Waals surface area contributed by atoms with Gasteiger partial charge in [-0.3, -0.25) is 0 Å². The first-order chi connectivity index (χ1) is 12.7. The number of benzene rings is 1. The van der Waals surface area contributed by atoms with Crippen molar-refractivity contribution in [3.63, 3.8) is 0 Å². The normalized spacial score (nSPS) is 11.3. The molecular formula is C18H23Cl2N5OS. The highest BCUT2D eigenvalue weighted by Gasteiger charge is 2.21. The standard InChI is InChI=1S/C17H18Cl2N4OS.CH5N/c1-8-13(20)12-14(9-4-5-10(18)11(19)6-9)21-16(22-15(12)25-8)23-17(2,3)7-24;1-2/h4-6,24H,7,20H2,1-3H3,(H,21,22,23);2H2,1H3. The second kappa shape index (κ2) is 8.58. The fourth-order valence-electron chi connectivity index (χ4n) is 2.38. The fourth-order valence-corrected chi connectivity index (χ4v) is 3.62. The third-order valence-corrected chi connectivity index (χ3v) is 5.57. The summed E-state index contributed by atoms with van der Waals surface area (Å²) in [4.78, 5) is 11.0. The number of anilines is 2. The summed E-state index contributed by atoms with van der Waals surface area (Å²) in [5.74, 6) is 0.425. The van der Waals surface area contributed by atoms with Gasteiger partial charge in [0.15, 0.2) is 0 Å². The van der Waals surface area contributed by atoms with E-state index in [0.29, 0.717) is 27.4 Å². The minimum Gasteiger partial charge on any atom is -0.397 e. The molecule has 0 unspecified atom stereocenters. The van der Waals surface area contributed by atoms with Crippen molar-refractivity contribution in [2.24, 2.45) is 5.73 Å². The van der Waals surface area contributed by atoms with Crippen molar-refractivity contribution in [3.05, 3.63) is 33.1 Å². The Labute approximate surface area is 172 Å². The van der Waals surface area contributed by atoms with Gasteiger partial charge in [0.05, 0.1) is 39.0 Å². The van der Waals surface area contributed by atoms with Gasteiger partial charge in [-0.1, -0.05) is 29.3 Å². The van der Waals surface area contributed by atoms with Crippen molar-refractivity contribution in [2.75, 3.05) is 24.7 Å². The van der Waals surface area contributed by atoms with Crippen LogP contribution in [-0.4, -0.2) is 34.3 Å². The lowest BCUT2D eigenvalue weighted by Gasteiger charge is -2.23. The number of aromatic nitrogens is 2. The molecule has 0 atom stereocenters. The summed E-state index contributed by atoms with van der Waals surface area (Å²) in [7, 11) is 1.50. The van der Waals surface area contributed by atoms with E-state index in [2.05, 4.69) is 21.0 Å². The molecular weight excluding hydrogens is 405 g/mol. The van der Waals surface area contributed by atoms with Gasteiger partial charge < -0.3 is 21.9 Å². The molecule has 0 fully saturated rings. The summed E-state index contributed by atoms with van der Waals surface area (Å²) < 4.78 is 0. The number of nitrogen functional groups attached to an aromatic ring is 1. The summed E-state index contributed by atoms with van der Waals surface area (Å²) >= 11 is 13.7. The van der Waals surface area contributed by atoms with E-state index in [1.54, 1.807) is 12.1 Å². The Morgan fingerprint density at radius 1 is 1.19 bits per heavy atom. The molecule has 0 aliphatic rings. The molecule has 6 N–H and O–H groups in total. The lowest BCUT2D eigenvalue weighted by atomic mass is 10.1. The van der Waals surface area contributed by atoms with Crippen LogP contribution in [0.3, 0.4) is 0 Å². The summed E-state index contributed by atoms with van der Waals surface area (Å²) in [6, 6.07) is 5.34. The Balaban J connectivity index is 0.00000126. The molecule has 0 spiro atoms. The zero-order valence-corrected chi connectivity index (χ0v) is 17.9. The fraction of sp³-hybridized carbons (Fsp3) is 0.333. The van der Waals surface area contributed by atoms with E-state index >= 15 is 0 Å².